The summed E-state index contributed by atoms with van der Waals surface area (Å²) in [6.45, 7) is 3.74. The van der Waals surface area contributed by atoms with Crippen LogP contribution in [0.4, 0.5) is 0 Å². The fraction of sp³-hybridized carbons (Fsp3) is 0.286. The first kappa shape index (κ1) is 20.7. The van der Waals surface area contributed by atoms with E-state index in [1.165, 1.54) is 4.90 Å². The number of hydrogen-bond acceptors (Lipinski definition) is 6. The fourth-order valence-corrected chi connectivity index (χ4v) is 2.85. The van der Waals surface area contributed by atoms with Gasteiger partial charge in [0.15, 0.2) is 6.10 Å². The predicted molar refractivity (Wildman–Crippen MR) is 109 cm³/mol. The normalized spacial score (nSPS) is 11.8. The van der Waals surface area contributed by atoms with E-state index in [-0.39, 0.29) is 12.5 Å². The topological polar surface area (TPSA) is 77.7 Å². The summed E-state index contributed by atoms with van der Waals surface area (Å²) in [5.74, 6) is 1.83. The lowest BCUT2D eigenvalue weighted by atomic mass is 10.2. The molecule has 0 aliphatic carbocycles. The number of aromatic nitrogens is 2. The highest BCUT2D eigenvalue weighted by Crippen LogP contribution is 2.23. The maximum absolute atomic E-state index is 12.6. The summed E-state index contributed by atoms with van der Waals surface area (Å²) >= 11 is 6.02. The summed E-state index contributed by atoms with van der Waals surface area (Å²) in [5, 5.41) is 4.63. The van der Waals surface area contributed by atoms with E-state index < -0.39 is 6.10 Å². The number of rotatable bonds is 7. The molecule has 152 valence electrons. The van der Waals surface area contributed by atoms with Gasteiger partial charge in [0.05, 0.1) is 13.7 Å². The average molecular weight is 416 g/mol. The van der Waals surface area contributed by atoms with Gasteiger partial charge in [0.1, 0.15) is 11.5 Å². The second kappa shape index (κ2) is 8.96. The van der Waals surface area contributed by atoms with Crippen molar-refractivity contribution in [3.63, 3.8) is 0 Å². The molecule has 0 spiro atoms. The number of methoxy groups -OCH3 is 1. The molecule has 2 aromatic carbocycles. The number of carbonyl (C=O) groups is 1. The molecule has 0 aliphatic rings. The molecule has 29 heavy (non-hydrogen) atoms. The van der Waals surface area contributed by atoms with Crippen LogP contribution in [0.25, 0.3) is 11.4 Å². The molecular weight excluding hydrogens is 394 g/mol. The van der Waals surface area contributed by atoms with E-state index in [1.807, 2.05) is 31.2 Å². The van der Waals surface area contributed by atoms with Crippen LogP contribution < -0.4 is 9.47 Å². The third-order valence-corrected chi connectivity index (χ3v) is 4.76. The highest BCUT2D eigenvalue weighted by Gasteiger charge is 2.22. The number of halogens is 1. The molecule has 3 rings (SSSR count). The molecule has 3 aromatic rings. The largest absolute Gasteiger partial charge is 0.497 e. The zero-order valence-corrected chi connectivity index (χ0v) is 17.4. The number of hydrogen-bond donors (Lipinski definition) is 0. The van der Waals surface area contributed by atoms with Crippen molar-refractivity contribution in [2.75, 3.05) is 14.2 Å². The van der Waals surface area contributed by atoms with Crippen LogP contribution in [0.2, 0.25) is 5.02 Å². The first-order chi connectivity index (χ1) is 13.9. The number of amides is 1. The second-order valence-corrected chi connectivity index (χ2v) is 7.02. The molecule has 0 aliphatic heterocycles. The predicted octanol–water partition coefficient (Wildman–Crippen LogP) is 4.13. The van der Waals surface area contributed by atoms with Crippen LogP contribution in [0.3, 0.4) is 0 Å². The van der Waals surface area contributed by atoms with Gasteiger partial charge in [-0.25, -0.2) is 0 Å². The third-order valence-electron chi connectivity index (χ3n) is 4.33. The Morgan fingerprint density at radius 2 is 2.03 bits per heavy atom. The van der Waals surface area contributed by atoms with Crippen molar-refractivity contribution < 1.29 is 18.8 Å². The minimum atomic E-state index is -0.679. The van der Waals surface area contributed by atoms with E-state index in [0.29, 0.717) is 28.2 Å². The van der Waals surface area contributed by atoms with Gasteiger partial charge >= 0.3 is 0 Å². The van der Waals surface area contributed by atoms with Gasteiger partial charge in [0.25, 0.3) is 5.91 Å². The SMILES string of the molecule is COc1cccc(-c2noc(CN(C)C(=O)C(C)Oc3ccc(Cl)c(C)c3)n2)c1. The summed E-state index contributed by atoms with van der Waals surface area (Å²) in [5.41, 5.74) is 1.65. The second-order valence-electron chi connectivity index (χ2n) is 6.61. The van der Waals surface area contributed by atoms with Crippen molar-refractivity contribution in [1.29, 1.82) is 0 Å². The van der Waals surface area contributed by atoms with Gasteiger partial charge in [-0.1, -0.05) is 28.9 Å². The van der Waals surface area contributed by atoms with Crippen LogP contribution in [0.5, 0.6) is 11.5 Å². The number of benzene rings is 2. The van der Waals surface area contributed by atoms with Crippen LogP contribution in [0.15, 0.2) is 47.0 Å². The van der Waals surface area contributed by atoms with Crippen LogP contribution in [0, 0.1) is 6.92 Å². The number of aryl methyl sites for hydroxylation is 1. The summed E-state index contributed by atoms with van der Waals surface area (Å²) in [4.78, 5) is 18.5. The van der Waals surface area contributed by atoms with E-state index in [9.17, 15) is 4.79 Å². The van der Waals surface area contributed by atoms with Crippen molar-refractivity contribution in [3.8, 4) is 22.9 Å². The van der Waals surface area contributed by atoms with E-state index in [0.717, 1.165) is 11.1 Å². The Kier molecular flexibility index (Phi) is 6.39. The Hall–Kier alpha value is -3.06. The monoisotopic (exact) mass is 415 g/mol. The molecule has 1 amide bonds. The highest BCUT2D eigenvalue weighted by molar-refractivity contribution is 6.31. The molecule has 1 unspecified atom stereocenters. The smallest absolute Gasteiger partial charge is 0.263 e. The van der Waals surface area contributed by atoms with Gasteiger partial charge in [-0.15, -0.1) is 0 Å². The first-order valence-electron chi connectivity index (χ1n) is 9.02. The molecule has 0 bridgehead atoms. The van der Waals surface area contributed by atoms with E-state index in [1.54, 1.807) is 39.3 Å². The zero-order valence-electron chi connectivity index (χ0n) is 16.7. The quantitative estimate of drug-likeness (QED) is 0.577. The summed E-state index contributed by atoms with van der Waals surface area (Å²) in [6.07, 6.45) is -0.679. The zero-order chi connectivity index (χ0) is 21.0. The standard InChI is InChI=1S/C21H22ClN3O4/c1-13-10-17(8-9-18(13)22)28-14(2)21(26)25(3)12-19-23-20(24-29-19)15-6-5-7-16(11-15)27-4/h5-11,14H,12H2,1-4H3. The van der Waals surface area contributed by atoms with Crippen LogP contribution in [-0.2, 0) is 11.3 Å². The number of nitrogens with zero attached hydrogens (tertiary/aromatic N) is 3. The molecule has 7 nitrogen and oxygen atoms in total. The molecule has 8 heteroatoms. The average Bonchev–Trinajstić information content (AvgIpc) is 3.18. The number of ether oxygens (including phenoxy) is 2. The summed E-state index contributed by atoms with van der Waals surface area (Å²) in [7, 11) is 3.25. The van der Waals surface area contributed by atoms with Crippen molar-refractivity contribution in [2.45, 2.75) is 26.5 Å². The number of carbonyl (C=O) groups excluding carboxylic acids is 1. The van der Waals surface area contributed by atoms with Crippen molar-refractivity contribution >= 4 is 17.5 Å². The van der Waals surface area contributed by atoms with Gasteiger partial charge in [0, 0.05) is 17.6 Å². The maximum atomic E-state index is 12.6. The third kappa shape index (κ3) is 5.06. The van der Waals surface area contributed by atoms with Crippen molar-refractivity contribution in [3.05, 3.63) is 58.9 Å². The van der Waals surface area contributed by atoms with Crippen LogP contribution >= 0.6 is 11.6 Å². The Bertz CT molecular complexity index is 1010. The lowest BCUT2D eigenvalue weighted by Crippen LogP contribution is -2.37. The van der Waals surface area contributed by atoms with Gasteiger partial charge in [-0.05, 0) is 49.7 Å². The summed E-state index contributed by atoms with van der Waals surface area (Å²) < 4.78 is 16.2. The minimum Gasteiger partial charge on any atom is -0.497 e. The van der Waals surface area contributed by atoms with Crippen molar-refractivity contribution in [2.24, 2.45) is 0 Å². The van der Waals surface area contributed by atoms with E-state index in [4.69, 9.17) is 25.6 Å². The Morgan fingerprint density at radius 1 is 1.24 bits per heavy atom. The summed E-state index contributed by atoms with van der Waals surface area (Å²) in [6, 6.07) is 12.6. The molecule has 0 N–H and O–H groups in total. The molecule has 0 saturated carbocycles. The Morgan fingerprint density at radius 3 is 2.76 bits per heavy atom. The number of likely N-dealkylation sites (N-methyl/N-ethyl adjacent to an activating group) is 1. The molecule has 0 saturated heterocycles. The lowest BCUT2D eigenvalue weighted by Gasteiger charge is -2.21. The van der Waals surface area contributed by atoms with Gasteiger partial charge in [-0.2, -0.15) is 4.98 Å². The molecule has 1 aromatic heterocycles. The maximum Gasteiger partial charge on any atom is 0.263 e. The molecule has 0 fully saturated rings. The van der Waals surface area contributed by atoms with Crippen molar-refractivity contribution in [1.82, 2.24) is 15.0 Å². The molecular formula is C21H22ClN3O4. The Labute approximate surface area is 174 Å². The van der Waals surface area contributed by atoms with Gasteiger partial charge < -0.3 is 18.9 Å². The minimum absolute atomic E-state index is 0.170. The highest BCUT2D eigenvalue weighted by atomic mass is 35.5. The van der Waals surface area contributed by atoms with Gasteiger partial charge in [-0.3, -0.25) is 4.79 Å². The first-order valence-corrected chi connectivity index (χ1v) is 9.40. The fourth-order valence-electron chi connectivity index (χ4n) is 2.73. The molecule has 1 heterocycles. The van der Waals surface area contributed by atoms with E-state index in [2.05, 4.69) is 10.1 Å². The molecule has 0 radical (unpaired) electrons. The Balaban J connectivity index is 1.63. The lowest BCUT2D eigenvalue weighted by molar-refractivity contribution is -0.137. The molecule has 1 atom stereocenters. The van der Waals surface area contributed by atoms with E-state index >= 15 is 0 Å². The van der Waals surface area contributed by atoms with Gasteiger partial charge in [0.2, 0.25) is 11.7 Å². The van der Waals surface area contributed by atoms with Crippen LogP contribution in [0.1, 0.15) is 18.4 Å². The van der Waals surface area contributed by atoms with Crippen LogP contribution in [-0.4, -0.2) is 41.2 Å².